The number of benzene rings is 8. The highest BCUT2D eigenvalue weighted by Gasteiger charge is 2.15. The minimum Gasteiger partial charge on any atom is -0.208 e. The van der Waals surface area contributed by atoms with Crippen LogP contribution in [0.3, 0.4) is 0 Å². The maximum absolute atomic E-state index is 9.45. The molecule has 224 valence electrons. The summed E-state index contributed by atoms with van der Waals surface area (Å²) in [4.78, 5) is 14.4. The molecule has 0 N–H and O–H groups in total. The fraction of sp³-hybridized carbons (Fsp3) is 0. The van der Waals surface area contributed by atoms with Crippen LogP contribution in [0.2, 0.25) is 0 Å². The molecule has 0 saturated heterocycles. The minimum absolute atomic E-state index is 0.0236. The van der Waals surface area contributed by atoms with Gasteiger partial charge in [-0.2, -0.15) is 0 Å². The van der Waals surface area contributed by atoms with Crippen molar-refractivity contribution >= 4 is 32.3 Å². The van der Waals surface area contributed by atoms with E-state index < -0.39 is 0 Å². The van der Waals surface area contributed by atoms with Crippen LogP contribution in [0.1, 0.15) is 5.48 Å². The Kier molecular flexibility index (Phi) is 5.82. The van der Waals surface area contributed by atoms with Crippen LogP contribution in [0.15, 0.2) is 176 Å². The third kappa shape index (κ3) is 4.99. The molecule has 0 radical (unpaired) electrons. The second-order valence-corrected chi connectivity index (χ2v) is 11.7. The molecule has 8 aromatic carbocycles. The molecule has 0 saturated carbocycles. The van der Waals surface area contributed by atoms with Gasteiger partial charge in [-0.25, -0.2) is 15.0 Å². The average Bonchev–Trinajstić information content (AvgIpc) is 3.20. The van der Waals surface area contributed by atoms with Crippen molar-refractivity contribution in [3.63, 3.8) is 0 Å². The Morgan fingerprint density at radius 2 is 0.792 bits per heavy atom. The third-order valence-electron chi connectivity index (χ3n) is 8.79. The van der Waals surface area contributed by atoms with Crippen molar-refractivity contribution in [1.29, 1.82) is 0 Å². The van der Waals surface area contributed by atoms with Crippen molar-refractivity contribution in [2.24, 2.45) is 0 Å². The molecule has 3 heteroatoms. The van der Waals surface area contributed by atoms with Crippen LogP contribution >= 0.6 is 0 Å². The van der Waals surface area contributed by atoms with Crippen molar-refractivity contribution in [2.75, 3.05) is 0 Å². The van der Waals surface area contributed by atoms with Gasteiger partial charge in [-0.1, -0.05) is 170 Å². The SMILES string of the molecule is [2H]c1c([2H])c(-c2c3ccccc3cc3c2ccc2ccccc23)c([2H])c([2H])c1-c1nc(-c2ccccc2)nc(-c2ccc(-c3ccccc3)cc2)n1. The summed E-state index contributed by atoms with van der Waals surface area (Å²) in [5.74, 6) is 0.824. The van der Waals surface area contributed by atoms with E-state index in [2.05, 4.69) is 30.3 Å². The van der Waals surface area contributed by atoms with Crippen molar-refractivity contribution in [1.82, 2.24) is 15.0 Å². The minimum atomic E-state index is -0.214. The highest BCUT2D eigenvalue weighted by molar-refractivity contribution is 6.20. The maximum atomic E-state index is 9.45. The lowest BCUT2D eigenvalue weighted by Gasteiger charge is -2.14. The number of aromatic nitrogens is 3. The van der Waals surface area contributed by atoms with Gasteiger partial charge >= 0.3 is 0 Å². The summed E-state index contributed by atoms with van der Waals surface area (Å²) in [5.41, 5.74) is 4.55. The van der Waals surface area contributed by atoms with Gasteiger partial charge in [-0.15, -0.1) is 0 Å². The highest BCUT2D eigenvalue weighted by atomic mass is 15.0. The Morgan fingerprint density at radius 3 is 1.48 bits per heavy atom. The molecule has 9 aromatic rings. The summed E-state index contributed by atoms with van der Waals surface area (Å²) in [5, 5.41) is 5.80. The van der Waals surface area contributed by atoms with E-state index in [-0.39, 0.29) is 41.1 Å². The van der Waals surface area contributed by atoms with E-state index in [1.165, 1.54) is 0 Å². The first-order chi connectivity index (χ1) is 25.5. The van der Waals surface area contributed by atoms with Crippen LogP contribution in [0.25, 0.3) is 88.7 Å². The Labute approximate surface area is 284 Å². The van der Waals surface area contributed by atoms with E-state index in [1.54, 1.807) is 0 Å². The molecule has 0 aliphatic rings. The van der Waals surface area contributed by atoms with Crippen molar-refractivity contribution in [2.45, 2.75) is 0 Å². The van der Waals surface area contributed by atoms with Gasteiger partial charge in [-0.05, 0) is 60.6 Å². The summed E-state index contributed by atoms with van der Waals surface area (Å²) in [6.07, 6.45) is 0. The lowest BCUT2D eigenvalue weighted by molar-refractivity contribution is 1.07. The summed E-state index contributed by atoms with van der Waals surface area (Å²) in [7, 11) is 0. The van der Waals surface area contributed by atoms with Crippen molar-refractivity contribution in [3.05, 3.63) is 176 Å². The largest absolute Gasteiger partial charge is 0.208 e. The second kappa shape index (κ2) is 11.7. The van der Waals surface area contributed by atoms with E-state index >= 15 is 0 Å². The quantitative estimate of drug-likeness (QED) is 0.143. The summed E-state index contributed by atoms with van der Waals surface area (Å²) in [6.45, 7) is 0. The molecular weight excluding hydrogens is 583 g/mol. The molecule has 0 bridgehead atoms. The number of rotatable bonds is 5. The molecule has 9 rings (SSSR count). The van der Waals surface area contributed by atoms with Gasteiger partial charge in [0.25, 0.3) is 0 Å². The highest BCUT2D eigenvalue weighted by Crippen LogP contribution is 2.40. The zero-order chi connectivity index (χ0) is 35.3. The molecule has 0 spiro atoms. The van der Waals surface area contributed by atoms with E-state index in [0.29, 0.717) is 17.2 Å². The zero-order valence-electron chi connectivity index (χ0n) is 29.8. The first-order valence-corrected chi connectivity index (χ1v) is 15.9. The molecule has 48 heavy (non-hydrogen) atoms. The summed E-state index contributed by atoms with van der Waals surface area (Å²) < 4.78 is 37.7. The predicted molar refractivity (Wildman–Crippen MR) is 200 cm³/mol. The normalized spacial score (nSPS) is 12.5. The van der Waals surface area contributed by atoms with Gasteiger partial charge in [0.2, 0.25) is 0 Å². The van der Waals surface area contributed by atoms with E-state index in [0.717, 1.165) is 54.6 Å². The van der Waals surface area contributed by atoms with Gasteiger partial charge in [0.15, 0.2) is 17.5 Å². The molecule has 3 nitrogen and oxygen atoms in total. The van der Waals surface area contributed by atoms with Crippen LogP contribution in [0, 0.1) is 0 Å². The molecule has 0 aliphatic heterocycles. The third-order valence-corrected chi connectivity index (χ3v) is 8.79. The molecule has 0 amide bonds. The number of hydrogen-bond acceptors (Lipinski definition) is 3. The average molecular weight is 616 g/mol. The lowest BCUT2D eigenvalue weighted by atomic mass is 9.89. The Morgan fingerprint density at radius 1 is 0.312 bits per heavy atom. The smallest absolute Gasteiger partial charge is 0.164 e. The van der Waals surface area contributed by atoms with E-state index in [4.69, 9.17) is 15.0 Å². The number of hydrogen-bond donors (Lipinski definition) is 0. The fourth-order valence-electron chi connectivity index (χ4n) is 6.41. The molecule has 1 heterocycles. The zero-order valence-corrected chi connectivity index (χ0v) is 25.8. The van der Waals surface area contributed by atoms with Gasteiger partial charge in [0.05, 0.1) is 5.48 Å². The first kappa shape index (κ1) is 23.8. The van der Waals surface area contributed by atoms with Gasteiger partial charge in [-0.3, -0.25) is 0 Å². The Bertz CT molecular complexity index is 2790. The molecular formula is C45H29N3. The lowest BCUT2D eigenvalue weighted by Crippen LogP contribution is -2.00. The number of nitrogens with zero attached hydrogens (tertiary/aromatic N) is 3. The Balaban J connectivity index is 1.27. The second-order valence-electron chi connectivity index (χ2n) is 11.7. The first-order valence-electron chi connectivity index (χ1n) is 17.9. The van der Waals surface area contributed by atoms with Gasteiger partial charge in [0.1, 0.15) is 0 Å². The molecule has 0 aliphatic carbocycles. The predicted octanol–water partition coefficient (Wildman–Crippen LogP) is 11.7. The van der Waals surface area contributed by atoms with E-state index in [9.17, 15) is 5.48 Å². The topological polar surface area (TPSA) is 38.7 Å². The van der Waals surface area contributed by atoms with Crippen LogP contribution in [0.5, 0.6) is 0 Å². The molecule has 0 unspecified atom stereocenters. The van der Waals surface area contributed by atoms with Crippen LogP contribution < -0.4 is 0 Å². The van der Waals surface area contributed by atoms with Crippen LogP contribution in [-0.2, 0) is 0 Å². The maximum Gasteiger partial charge on any atom is 0.164 e. The number of fused-ring (bicyclic) bond motifs is 4. The standard InChI is InChI=1S/C45H29N3/c1-3-11-30(12-4-1)31-19-23-35(24-20-31)44-46-43(34-14-5-2-6-15-34)47-45(48-44)36-25-21-33(22-26-36)42-39-18-10-8-16-37(39)29-41-38-17-9-7-13-32(38)27-28-40(41)42/h1-29H/i21D,22D,25D,26D. The summed E-state index contributed by atoms with van der Waals surface area (Å²) >= 11 is 0. The van der Waals surface area contributed by atoms with Crippen LogP contribution in [-0.4, -0.2) is 15.0 Å². The van der Waals surface area contributed by atoms with Crippen LogP contribution in [0.4, 0.5) is 0 Å². The van der Waals surface area contributed by atoms with Crippen molar-refractivity contribution < 1.29 is 5.48 Å². The molecule has 1 aromatic heterocycles. The van der Waals surface area contributed by atoms with E-state index in [1.807, 2.05) is 121 Å². The van der Waals surface area contributed by atoms with Gasteiger partial charge < -0.3 is 0 Å². The summed E-state index contributed by atoms with van der Waals surface area (Å²) in [6, 6.07) is 49.1. The molecule has 0 fully saturated rings. The fourth-order valence-corrected chi connectivity index (χ4v) is 6.41. The van der Waals surface area contributed by atoms with Gasteiger partial charge in [0, 0.05) is 16.7 Å². The Hall–Kier alpha value is -6.45. The van der Waals surface area contributed by atoms with Crippen molar-refractivity contribution in [3.8, 4) is 56.4 Å². The monoisotopic (exact) mass is 615 g/mol. The molecule has 0 atom stereocenters.